The Morgan fingerprint density at radius 3 is 2.69 bits per heavy atom. The molecule has 1 aromatic heterocycles. The Labute approximate surface area is 155 Å². The van der Waals surface area contributed by atoms with E-state index in [9.17, 15) is 14.3 Å². The summed E-state index contributed by atoms with van der Waals surface area (Å²) in [6.45, 7) is 3.32. The van der Waals surface area contributed by atoms with Crippen LogP contribution >= 0.6 is 12.4 Å². The molecule has 0 saturated heterocycles. The minimum Gasteiger partial charge on any atom is -0.479 e. The normalized spacial score (nSPS) is 11.2. The van der Waals surface area contributed by atoms with E-state index in [1.54, 1.807) is 38.2 Å². The highest BCUT2D eigenvalue weighted by Crippen LogP contribution is 2.30. The number of fused-ring (bicyclic) bond motifs is 1. The smallest absolute Gasteiger partial charge is 0.331 e. The number of nitrogens with zero attached hydrogens (tertiary/aromatic N) is 2. The molecule has 0 unspecified atom stereocenters. The molecule has 3 N–H and O–H groups in total. The van der Waals surface area contributed by atoms with Gasteiger partial charge in [0.05, 0.1) is 11.7 Å². The first-order chi connectivity index (χ1) is 11.8. The molecule has 3 rings (SSSR count). The molecule has 1 heterocycles. The van der Waals surface area contributed by atoms with Gasteiger partial charge < -0.3 is 15.6 Å². The zero-order valence-corrected chi connectivity index (χ0v) is 15.1. The second-order valence-corrected chi connectivity index (χ2v) is 6.20. The summed E-state index contributed by atoms with van der Waals surface area (Å²) in [5, 5.41) is 14.3. The Balaban J connectivity index is 0.00000243. The van der Waals surface area contributed by atoms with Gasteiger partial charge in [-0.05, 0) is 50.2 Å². The molecular formula is C18H19ClFN3O3. The van der Waals surface area contributed by atoms with Crippen LogP contribution in [0.5, 0.6) is 11.5 Å². The van der Waals surface area contributed by atoms with Crippen molar-refractivity contribution in [2.45, 2.75) is 25.9 Å². The van der Waals surface area contributed by atoms with Crippen molar-refractivity contribution in [3.05, 3.63) is 54.0 Å². The molecule has 2 aromatic carbocycles. The lowest BCUT2D eigenvalue weighted by atomic mass is 10.1. The lowest BCUT2D eigenvalue weighted by Gasteiger charge is -2.21. The maximum atomic E-state index is 13.3. The lowest BCUT2D eigenvalue weighted by Crippen LogP contribution is -2.36. The highest BCUT2D eigenvalue weighted by atomic mass is 35.5. The summed E-state index contributed by atoms with van der Waals surface area (Å²) in [5.41, 5.74) is 5.69. The van der Waals surface area contributed by atoms with Crippen LogP contribution in [0, 0.1) is 5.82 Å². The Kier molecular flexibility index (Phi) is 5.53. The summed E-state index contributed by atoms with van der Waals surface area (Å²) < 4.78 is 20.6. The van der Waals surface area contributed by atoms with Crippen molar-refractivity contribution >= 4 is 29.3 Å². The second kappa shape index (κ2) is 7.31. The van der Waals surface area contributed by atoms with E-state index in [4.69, 9.17) is 10.5 Å². The zero-order valence-electron chi connectivity index (χ0n) is 14.3. The average molecular weight is 380 g/mol. The number of rotatable bonds is 5. The van der Waals surface area contributed by atoms with E-state index < -0.39 is 11.5 Å². The Hall–Kier alpha value is -2.64. The molecule has 26 heavy (non-hydrogen) atoms. The fraction of sp³-hybridized carbons (Fsp3) is 0.222. The van der Waals surface area contributed by atoms with Crippen molar-refractivity contribution in [1.29, 1.82) is 0 Å². The molecule has 0 amide bonds. The number of hydrogen-bond donors (Lipinski definition) is 2. The number of nitrogens with two attached hydrogens (primary N) is 1. The van der Waals surface area contributed by atoms with Crippen molar-refractivity contribution in [2.24, 2.45) is 5.73 Å². The number of halogens is 2. The molecule has 8 heteroatoms. The van der Waals surface area contributed by atoms with Crippen molar-refractivity contribution < 1.29 is 19.0 Å². The quantitative estimate of drug-likeness (QED) is 0.705. The third-order valence-corrected chi connectivity index (χ3v) is 4.06. The zero-order chi connectivity index (χ0) is 18.2. The summed E-state index contributed by atoms with van der Waals surface area (Å²) in [7, 11) is 0. The predicted octanol–water partition coefficient (Wildman–Crippen LogP) is 3.67. The highest BCUT2D eigenvalue weighted by Gasteiger charge is 2.31. The molecular weight excluding hydrogens is 361 g/mol. The molecule has 0 radical (unpaired) electrons. The topological polar surface area (TPSA) is 90.4 Å². The molecule has 0 saturated carbocycles. The van der Waals surface area contributed by atoms with Gasteiger partial charge in [-0.3, -0.25) is 0 Å². The molecule has 3 aromatic rings. The molecule has 0 fully saturated rings. The molecule has 0 spiro atoms. The average Bonchev–Trinajstić information content (AvgIpc) is 3.00. The standard InChI is InChI=1S/C18H18FN3O3.ClH/c1-18(2,17(23)24)22-15-5-4-14(8-12(15)10-21-22)25-16-6-3-13(19)7-11(16)9-20;/h3-8,10H,9,20H2,1-2H3,(H,23,24);1H. The number of aliphatic carboxylic acids is 1. The first-order valence-corrected chi connectivity index (χ1v) is 7.71. The van der Waals surface area contributed by atoms with E-state index in [1.807, 2.05) is 0 Å². The molecule has 0 atom stereocenters. The van der Waals surface area contributed by atoms with Crippen LogP contribution in [-0.2, 0) is 16.9 Å². The van der Waals surface area contributed by atoms with Crippen LogP contribution in [0.4, 0.5) is 4.39 Å². The number of carboxylic acids is 1. The molecule has 138 valence electrons. The molecule has 0 bridgehead atoms. The highest BCUT2D eigenvalue weighted by molar-refractivity contribution is 5.85. The van der Waals surface area contributed by atoms with Crippen LogP contribution in [0.1, 0.15) is 19.4 Å². The fourth-order valence-corrected chi connectivity index (χ4v) is 2.54. The van der Waals surface area contributed by atoms with Gasteiger partial charge in [-0.2, -0.15) is 5.10 Å². The van der Waals surface area contributed by atoms with E-state index in [2.05, 4.69) is 5.10 Å². The summed E-state index contributed by atoms with van der Waals surface area (Å²) >= 11 is 0. The fourth-order valence-electron chi connectivity index (χ4n) is 2.54. The molecule has 0 aliphatic carbocycles. The number of hydrogen-bond acceptors (Lipinski definition) is 4. The van der Waals surface area contributed by atoms with Gasteiger partial charge in [0.2, 0.25) is 0 Å². The first kappa shape index (κ1) is 19.7. The van der Waals surface area contributed by atoms with Crippen LogP contribution in [0.25, 0.3) is 10.9 Å². The van der Waals surface area contributed by atoms with Gasteiger partial charge in [-0.25, -0.2) is 13.9 Å². The van der Waals surface area contributed by atoms with Gasteiger partial charge in [-0.15, -0.1) is 12.4 Å². The molecule has 0 aliphatic heterocycles. The van der Waals surface area contributed by atoms with E-state index in [-0.39, 0.29) is 24.8 Å². The minimum atomic E-state index is -1.17. The number of ether oxygens (including phenoxy) is 1. The van der Waals surface area contributed by atoms with Crippen molar-refractivity contribution in [1.82, 2.24) is 9.78 Å². The summed E-state index contributed by atoms with van der Waals surface area (Å²) in [4.78, 5) is 11.4. The monoisotopic (exact) mass is 379 g/mol. The number of benzene rings is 2. The first-order valence-electron chi connectivity index (χ1n) is 7.71. The minimum absolute atomic E-state index is 0. The maximum absolute atomic E-state index is 13.3. The maximum Gasteiger partial charge on any atom is 0.331 e. The van der Waals surface area contributed by atoms with E-state index in [1.165, 1.54) is 22.9 Å². The van der Waals surface area contributed by atoms with E-state index in [0.29, 0.717) is 22.6 Å². The van der Waals surface area contributed by atoms with Crippen LogP contribution in [0.3, 0.4) is 0 Å². The summed E-state index contributed by atoms with van der Waals surface area (Å²) in [6, 6.07) is 9.37. The second-order valence-electron chi connectivity index (χ2n) is 6.20. The largest absolute Gasteiger partial charge is 0.479 e. The number of carbonyl (C=O) groups is 1. The summed E-state index contributed by atoms with van der Waals surface area (Å²) in [6.07, 6.45) is 1.58. The van der Waals surface area contributed by atoms with Crippen LogP contribution in [-0.4, -0.2) is 20.9 Å². The SMILES string of the molecule is CC(C)(C(=O)O)n1ncc2cc(Oc3ccc(F)cc3CN)ccc21.Cl. The van der Waals surface area contributed by atoms with Crippen molar-refractivity contribution in [3.8, 4) is 11.5 Å². The number of carboxylic acid groups (broad SMARTS) is 1. The molecule has 0 aliphatic rings. The van der Waals surface area contributed by atoms with Gasteiger partial charge >= 0.3 is 5.97 Å². The van der Waals surface area contributed by atoms with Gasteiger partial charge in [0.25, 0.3) is 0 Å². The Morgan fingerprint density at radius 2 is 2.04 bits per heavy atom. The van der Waals surface area contributed by atoms with Crippen LogP contribution < -0.4 is 10.5 Å². The van der Waals surface area contributed by atoms with Gasteiger partial charge in [-0.1, -0.05) is 0 Å². The van der Waals surface area contributed by atoms with Crippen LogP contribution in [0.2, 0.25) is 0 Å². The Morgan fingerprint density at radius 1 is 1.31 bits per heavy atom. The molecule has 6 nitrogen and oxygen atoms in total. The van der Waals surface area contributed by atoms with Gasteiger partial charge in [0, 0.05) is 17.5 Å². The van der Waals surface area contributed by atoms with E-state index >= 15 is 0 Å². The third kappa shape index (κ3) is 3.49. The Bertz CT molecular complexity index is 956. The van der Waals surface area contributed by atoms with Gasteiger partial charge in [0.15, 0.2) is 5.54 Å². The third-order valence-electron chi connectivity index (χ3n) is 4.06. The van der Waals surface area contributed by atoms with Crippen molar-refractivity contribution in [3.63, 3.8) is 0 Å². The lowest BCUT2D eigenvalue weighted by molar-refractivity contribution is -0.146. The summed E-state index contributed by atoms with van der Waals surface area (Å²) in [5.74, 6) is -0.347. The van der Waals surface area contributed by atoms with Crippen LogP contribution in [0.15, 0.2) is 42.6 Å². The number of aromatic nitrogens is 2. The predicted molar refractivity (Wildman–Crippen MR) is 98.3 cm³/mol. The van der Waals surface area contributed by atoms with Gasteiger partial charge in [0.1, 0.15) is 17.3 Å². The van der Waals surface area contributed by atoms with Crippen molar-refractivity contribution in [2.75, 3.05) is 0 Å². The van der Waals surface area contributed by atoms with E-state index in [0.717, 1.165) is 5.39 Å².